The molecule has 0 aliphatic heterocycles. The zero-order valence-corrected chi connectivity index (χ0v) is 11.2. The molecule has 0 saturated heterocycles. The van der Waals surface area contributed by atoms with E-state index in [2.05, 4.69) is 21.2 Å². The summed E-state index contributed by atoms with van der Waals surface area (Å²) in [6.07, 6.45) is 0. The normalized spacial score (nSPS) is 10.8. The van der Waals surface area contributed by atoms with Crippen LogP contribution in [0.15, 0.2) is 34.1 Å². The second-order valence-electron chi connectivity index (χ2n) is 3.59. The fourth-order valence-corrected chi connectivity index (χ4v) is 2.94. The van der Waals surface area contributed by atoms with Crippen LogP contribution in [-0.2, 0) is 13.1 Å². The number of halogens is 3. The Labute approximate surface area is 111 Å². The molecule has 0 amide bonds. The molecule has 0 saturated carbocycles. The second kappa shape index (κ2) is 5.71. The Morgan fingerprint density at radius 1 is 1.06 bits per heavy atom. The van der Waals surface area contributed by atoms with Crippen molar-refractivity contribution in [3.8, 4) is 0 Å². The molecule has 0 atom stereocenters. The highest BCUT2D eigenvalue weighted by Crippen LogP contribution is 2.21. The molecule has 1 heterocycles. The summed E-state index contributed by atoms with van der Waals surface area (Å²) in [5, 5.41) is 3.14. The average Bonchev–Trinajstić information content (AvgIpc) is 2.63. The van der Waals surface area contributed by atoms with E-state index in [-0.39, 0.29) is 0 Å². The monoisotopic (exact) mass is 317 g/mol. The third-order valence-electron chi connectivity index (χ3n) is 2.18. The first-order valence-electron chi connectivity index (χ1n) is 5.03. The molecule has 0 aliphatic rings. The molecule has 0 radical (unpaired) electrons. The minimum absolute atomic E-state index is 0.449. The van der Waals surface area contributed by atoms with Gasteiger partial charge < -0.3 is 5.32 Å². The Morgan fingerprint density at radius 3 is 2.35 bits per heavy atom. The van der Waals surface area contributed by atoms with Crippen LogP contribution < -0.4 is 5.32 Å². The van der Waals surface area contributed by atoms with Crippen molar-refractivity contribution in [2.75, 3.05) is 0 Å². The number of hydrogen-bond acceptors (Lipinski definition) is 2. The fraction of sp³-hybridized carbons (Fsp3) is 0.167. The Morgan fingerprint density at radius 2 is 1.76 bits per heavy atom. The van der Waals surface area contributed by atoms with E-state index in [1.807, 2.05) is 12.1 Å². The largest absolute Gasteiger partial charge is 0.308 e. The summed E-state index contributed by atoms with van der Waals surface area (Å²) in [7, 11) is 0. The van der Waals surface area contributed by atoms with E-state index in [0.717, 1.165) is 9.85 Å². The van der Waals surface area contributed by atoms with Gasteiger partial charge in [-0.15, -0.1) is 11.3 Å². The molecular formula is C12H10BrF2NS. The summed E-state index contributed by atoms with van der Waals surface area (Å²) in [4.78, 5) is 1.17. The Kier molecular flexibility index (Phi) is 4.25. The first-order valence-corrected chi connectivity index (χ1v) is 6.64. The number of rotatable bonds is 4. The quantitative estimate of drug-likeness (QED) is 0.896. The predicted molar refractivity (Wildman–Crippen MR) is 68.9 cm³/mol. The lowest BCUT2D eigenvalue weighted by atomic mass is 10.2. The van der Waals surface area contributed by atoms with Gasteiger partial charge in [0, 0.05) is 24.0 Å². The van der Waals surface area contributed by atoms with Crippen molar-refractivity contribution in [3.63, 3.8) is 0 Å². The number of benzene rings is 1. The molecule has 0 bridgehead atoms. The van der Waals surface area contributed by atoms with Gasteiger partial charge in [0.2, 0.25) is 0 Å². The summed E-state index contributed by atoms with van der Waals surface area (Å²) in [6, 6.07) is 7.53. The minimum Gasteiger partial charge on any atom is -0.308 e. The van der Waals surface area contributed by atoms with Crippen molar-refractivity contribution in [1.82, 2.24) is 5.32 Å². The van der Waals surface area contributed by atoms with Crippen LogP contribution in [0.25, 0.3) is 0 Å². The highest BCUT2D eigenvalue weighted by molar-refractivity contribution is 9.11. The fourth-order valence-electron chi connectivity index (χ4n) is 1.49. The smallest absolute Gasteiger partial charge is 0.126 e. The van der Waals surface area contributed by atoms with Crippen LogP contribution in [-0.4, -0.2) is 0 Å². The van der Waals surface area contributed by atoms with Crippen molar-refractivity contribution < 1.29 is 8.78 Å². The zero-order chi connectivity index (χ0) is 12.3. The maximum atomic E-state index is 12.9. The van der Waals surface area contributed by atoms with Gasteiger partial charge in [0.05, 0.1) is 3.79 Å². The Balaban J connectivity index is 1.89. The first-order chi connectivity index (χ1) is 8.13. The highest BCUT2D eigenvalue weighted by atomic mass is 79.9. The lowest BCUT2D eigenvalue weighted by molar-refractivity contribution is 0.575. The van der Waals surface area contributed by atoms with Gasteiger partial charge in [-0.05, 0) is 45.8 Å². The van der Waals surface area contributed by atoms with Crippen molar-refractivity contribution in [2.45, 2.75) is 13.1 Å². The van der Waals surface area contributed by atoms with E-state index in [1.54, 1.807) is 11.3 Å². The van der Waals surface area contributed by atoms with Crippen molar-refractivity contribution in [2.24, 2.45) is 0 Å². The molecule has 1 N–H and O–H groups in total. The van der Waals surface area contributed by atoms with Gasteiger partial charge >= 0.3 is 0 Å². The van der Waals surface area contributed by atoms with Crippen LogP contribution in [0.2, 0.25) is 0 Å². The van der Waals surface area contributed by atoms with E-state index in [4.69, 9.17) is 0 Å². The second-order valence-corrected chi connectivity index (χ2v) is 6.13. The molecule has 0 fully saturated rings. The van der Waals surface area contributed by atoms with Gasteiger partial charge in [-0.1, -0.05) is 0 Å². The van der Waals surface area contributed by atoms with Crippen molar-refractivity contribution in [1.29, 1.82) is 0 Å². The molecule has 2 rings (SSSR count). The van der Waals surface area contributed by atoms with Crippen LogP contribution in [0.5, 0.6) is 0 Å². The average molecular weight is 318 g/mol. The Hall–Kier alpha value is -0.780. The summed E-state index contributed by atoms with van der Waals surface area (Å²) in [5.74, 6) is -1.08. The topological polar surface area (TPSA) is 12.0 Å². The van der Waals surface area contributed by atoms with Crippen molar-refractivity contribution in [3.05, 3.63) is 56.2 Å². The van der Waals surface area contributed by atoms with E-state index >= 15 is 0 Å². The molecule has 1 nitrogen and oxygen atoms in total. The van der Waals surface area contributed by atoms with Gasteiger partial charge in [0.15, 0.2) is 0 Å². The lowest BCUT2D eigenvalue weighted by Crippen LogP contribution is -2.12. The van der Waals surface area contributed by atoms with Gasteiger partial charge in [0.1, 0.15) is 11.6 Å². The lowest BCUT2D eigenvalue weighted by Gasteiger charge is -2.04. The molecule has 1 aromatic carbocycles. The third kappa shape index (κ3) is 3.87. The molecule has 17 heavy (non-hydrogen) atoms. The van der Waals surface area contributed by atoms with Gasteiger partial charge in [-0.25, -0.2) is 8.78 Å². The molecule has 0 unspecified atom stereocenters. The maximum absolute atomic E-state index is 12.9. The number of nitrogens with one attached hydrogen (secondary N) is 1. The molecule has 0 aliphatic carbocycles. The maximum Gasteiger partial charge on any atom is 0.126 e. The van der Waals surface area contributed by atoms with Crippen LogP contribution in [0.3, 0.4) is 0 Å². The van der Waals surface area contributed by atoms with Gasteiger partial charge in [-0.3, -0.25) is 0 Å². The molecular weight excluding hydrogens is 308 g/mol. The number of hydrogen-bond donors (Lipinski definition) is 1. The SMILES string of the molecule is Fc1cc(F)cc(CNCc2ccc(Br)s2)c1. The van der Waals surface area contributed by atoms with E-state index in [1.165, 1.54) is 17.0 Å². The van der Waals surface area contributed by atoms with Crippen molar-refractivity contribution >= 4 is 27.3 Å². The van der Waals surface area contributed by atoms with E-state index in [9.17, 15) is 8.78 Å². The van der Waals surface area contributed by atoms with Gasteiger partial charge in [0.25, 0.3) is 0 Å². The molecule has 1 aromatic heterocycles. The molecule has 90 valence electrons. The van der Waals surface area contributed by atoms with Crippen LogP contribution in [0.4, 0.5) is 8.78 Å². The molecule has 5 heteroatoms. The van der Waals surface area contributed by atoms with E-state index in [0.29, 0.717) is 18.7 Å². The Bertz CT molecular complexity index is 493. The predicted octanol–water partition coefficient (Wildman–Crippen LogP) is 4.08. The third-order valence-corrected chi connectivity index (χ3v) is 3.80. The van der Waals surface area contributed by atoms with Crippen LogP contribution >= 0.6 is 27.3 Å². The summed E-state index contributed by atoms with van der Waals surface area (Å²) in [6.45, 7) is 1.14. The van der Waals surface area contributed by atoms with Crippen LogP contribution in [0.1, 0.15) is 10.4 Å². The van der Waals surface area contributed by atoms with Crippen LogP contribution in [0, 0.1) is 11.6 Å². The summed E-state index contributed by atoms with van der Waals surface area (Å²) in [5.41, 5.74) is 0.609. The van der Waals surface area contributed by atoms with Gasteiger partial charge in [-0.2, -0.15) is 0 Å². The summed E-state index contributed by atoms with van der Waals surface area (Å²) < 4.78 is 26.9. The standard InChI is InChI=1S/C12H10BrF2NS/c13-12-2-1-11(17-12)7-16-6-8-3-9(14)5-10(15)4-8/h1-5,16H,6-7H2. The highest BCUT2D eigenvalue weighted by Gasteiger charge is 2.01. The minimum atomic E-state index is -0.541. The molecule has 2 aromatic rings. The zero-order valence-electron chi connectivity index (χ0n) is 8.84. The first kappa shape index (κ1) is 12.7. The van der Waals surface area contributed by atoms with E-state index < -0.39 is 11.6 Å². The molecule has 0 spiro atoms. The summed E-state index contributed by atoms with van der Waals surface area (Å²) >= 11 is 5.01. The number of thiophene rings is 1.